The van der Waals surface area contributed by atoms with Crippen LogP contribution in [-0.2, 0) is 0 Å². The zero-order valence-corrected chi connectivity index (χ0v) is 20.5. The second kappa shape index (κ2) is 10.9. The van der Waals surface area contributed by atoms with E-state index in [1.54, 1.807) is 54.7 Å². The fourth-order valence-corrected chi connectivity index (χ4v) is 3.53. The number of nitrogens with zero attached hydrogens (tertiary/aromatic N) is 3. The molecule has 2 aromatic carbocycles. The number of pyridine rings is 1. The van der Waals surface area contributed by atoms with E-state index in [1.165, 1.54) is 14.2 Å². The summed E-state index contributed by atoms with van der Waals surface area (Å²) < 4.78 is 16.4. The summed E-state index contributed by atoms with van der Waals surface area (Å²) in [5.41, 5.74) is 2.53. The topological polar surface area (TPSA) is 119 Å². The van der Waals surface area contributed by atoms with Crippen molar-refractivity contribution in [1.29, 1.82) is 0 Å². The Morgan fingerprint density at radius 1 is 1.03 bits per heavy atom. The van der Waals surface area contributed by atoms with E-state index in [4.69, 9.17) is 13.9 Å². The van der Waals surface area contributed by atoms with Crippen LogP contribution in [0.3, 0.4) is 0 Å². The van der Waals surface area contributed by atoms with E-state index in [9.17, 15) is 9.59 Å². The molecular formula is C26H27N5O5. The zero-order valence-electron chi connectivity index (χ0n) is 20.5. The Hall–Kier alpha value is -4.44. The Balaban J connectivity index is 1.68. The molecule has 4 rings (SSSR count). The molecule has 4 aromatic rings. The molecule has 0 fully saturated rings. The summed E-state index contributed by atoms with van der Waals surface area (Å²) in [6.07, 6.45) is 1.62. The maximum Gasteiger partial charge on any atom is 0.259 e. The Morgan fingerprint density at radius 3 is 2.58 bits per heavy atom. The van der Waals surface area contributed by atoms with Gasteiger partial charge in [0, 0.05) is 42.2 Å². The SMILES string of the molecule is COc1ccc(C(=O)Nc2cc(C(=O)NCCN(C)C)cc(-c3nc4ncccc4o3)c2)c(OC)c1. The van der Waals surface area contributed by atoms with Crippen LogP contribution in [0.1, 0.15) is 20.7 Å². The van der Waals surface area contributed by atoms with Crippen LogP contribution in [0.2, 0.25) is 0 Å². The number of fused-ring (bicyclic) bond motifs is 1. The number of carbonyl (C=O) groups excluding carboxylic acids is 2. The Kier molecular flexibility index (Phi) is 7.45. The van der Waals surface area contributed by atoms with Crippen LogP contribution in [0.4, 0.5) is 5.69 Å². The lowest BCUT2D eigenvalue weighted by Crippen LogP contribution is -2.31. The minimum Gasteiger partial charge on any atom is -0.497 e. The van der Waals surface area contributed by atoms with Crippen molar-refractivity contribution in [3.8, 4) is 23.0 Å². The smallest absolute Gasteiger partial charge is 0.259 e. The molecule has 2 aromatic heterocycles. The second-order valence-electron chi connectivity index (χ2n) is 8.22. The highest BCUT2D eigenvalue weighted by Crippen LogP contribution is 2.29. The van der Waals surface area contributed by atoms with E-state index in [1.807, 2.05) is 19.0 Å². The highest BCUT2D eigenvalue weighted by Gasteiger charge is 2.18. The van der Waals surface area contributed by atoms with Gasteiger partial charge in [0.05, 0.1) is 19.8 Å². The highest BCUT2D eigenvalue weighted by molar-refractivity contribution is 6.07. The van der Waals surface area contributed by atoms with Crippen molar-refractivity contribution < 1.29 is 23.5 Å². The second-order valence-corrected chi connectivity index (χ2v) is 8.22. The molecule has 0 saturated carbocycles. The van der Waals surface area contributed by atoms with Gasteiger partial charge in [-0.2, -0.15) is 4.98 Å². The molecule has 0 aliphatic carbocycles. The first kappa shape index (κ1) is 24.7. The van der Waals surface area contributed by atoms with Crippen molar-refractivity contribution in [2.24, 2.45) is 0 Å². The van der Waals surface area contributed by atoms with Gasteiger partial charge in [-0.15, -0.1) is 0 Å². The van der Waals surface area contributed by atoms with Gasteiger partial charge in [-0.1, -0.05) is 0 Å². The number of rotatable bonds is 9. The van der Waals surface area contributed by atoms with Crippen molar-refractivity contribution in [2.75, 3.05) is 46.7 Å². The molecule has 0 aliphatic rings. The number of hydrogen-bond acceptors (Lipinski definition) is 8. The molecular weight excluding hydrogens is 462 g/mol. The van der Waals surface area contributed by atoms with Crippen LogP contribution in [-0.4, -0.2) is 68.1 Å². The molecule has 36 heavy (non-hydrogen) atoms. The molecule has 0 saturated heterocycles. The summed E-state index contributed by atoms with van der Waals surface area (Å²) in [5, 5.41) is 5.74. The summed E-state index contributed by atoms with van der Waals surface area (Å²) in [5.74, 6) is 0.501. The maximum absolute atomic E-state index is 13.1. The molecule has 0 atom stereocenters. The van der Waals surface area contributed by atoms with Gasteiger partial charge in [0.25, 0.3) is 11.8 Å². The standard InChI is InChI=1S/C26H27N5O5/c1-31(2)11-10-28-24(32)16-12-17(26-30-23-21(36-26)6-5-9-27-23)14-18(13-16)29-25(33)20-8-7-19(34-3)15-22(20)35-4/h5-9,12-15H,10-11H2,1-4H3,(H,28,32)(H,29,33). The lowest BCUT2D eigenvalue weighted by molar-refractivity contribution is 0.0949. The number of oxazole rings is 1. The molecule has 0 unspecified atom stereocenters. The van der Waals surface area contributed by atoms with E-state index < -0.39 is 5.91 Å². The van der Waals surface area contributed by atoms with Gasteiger partial charge in [0.1, 0.15) is 11.5 Å². The van der Waals surface area contributed by atoms with Crippen molar-refractivity contribution in [2.45, 2.75) is 0 Å². The molecule has 10 nitrogen and oxygen atoms in total. The third kappa shape index (κ3) is 5.61. The van der Waals surface area contributed by atoms with Crippen LogP contribution in [0.15, 0.2) is 59.1 Å². The lowest BCUT2D eigenvalue weighted by atomic mass is 10.1. The molecule has 10 heteroatoms. The normalized spacial score (nSPS) is 10.9. The highest BCUT2D eigenvalue weighted by atomic mass is 16.5. The van der Waals surface area contributed by atoms with E-state index >= 15 is 0 Å². The molecule has 0 spiro atoms. The first-order valence-corrected chi connectivity index (χ1v) is 11.2. The minimum atomic E-state index is -0.412. The van der Waals surface area contributed by atoms with Gasteiger partial charge in [0.2, 0.25) is 5.89 Å². The van der Waals surface area contributed by atoms with Gasteiger partial charge in [0.15, 0.2) is 11.2 Å². The van der Waals surface area contributed by atoms with Gasteiger partial charge in [-0.05, 0) is 56.6 Å². The van der Waals surface area contributed by atoms with Crippen LogP contribution in [0, 0.1) is 0 Å². The number of likely N-dealkylation sites (N-methyl/N-ethyl adjacent to an activating group) is 1. The van der Waals surface area contributed by atoms with Crippen LogP contribution in [0.25, 0.3) is 22.7 Å². The summed E-state index contributed by atoms with van der Waals surface area (Å²) in [4.78, 5) is 36.6. The largest absolute Gasteiger partial charge is 0.497 e. The predicted octanol–water partition coefficient (Wildman–Crippen LogP) is 3.45. The van der Waals surface area contributed by atoms with Crippen molar-refractivity contribution >= 4 is 28.7 Å². The predicted molar refractivity (Wildman–Crippen MR) is 136 cm³/mol. The molecule has 2 N–H and O–H groups in total. The number of hydrogen-bond donors (Lipinski definition) is 2. The fraction of sp³-hybridized carbons (Fsp3) is 0.231. The molecule has 2 amide bonds. The third-order valence-electron chi connectivity index (χ3n) is 5.36. The third-order valence-corrected chi connectivity index (χ3v) is 5.36. The lowest BCUT2D eigenvalue weighted by Gasteiger charge is -2.13. The number of amides is 2. The fourth-order valence-electron chi connectivity index (χ4n) is 3.53. The molecule has 0 bridgehead atoms. The average Bonchev–Trinajstić information content (AvgIpc) is 3.32. The van der Waals surface area contributed by atoms with Crippen LogP contribution in [0.5, 0.6) is 11.5 Å². The Labute approximate surface area is 208 Å². The number of carbonyl (C=O) groups is 2. The number of aromatic nitrogens is 2. The van der Waals surface area contributed by atoms with Crippen molar-refractivity contribution in [1.82, 2.24) is 20.2 Å². The number of methoxy groups -OCH3 is 2. The number of benzene rings is 2. The van der Waals surface area contributed by atoms with Crippen molar-refractivity contribution in [3.05, 3.63) is 65.9 Å². The number of anilines is 1. The Bertz CT molecular complexity index is 1370. The average molecular weight is 490 g/mol. The van der Waals surface area contributed by atoms with Gasteiger partial charge < -0.3 is 29.4 Å². The van der Waals surface area contributed by atoms with Crippen LogP contribution < -0.4 is 20.1 Å². The van der Waals surface area contributed by atoms with E-state index in [-0.39, 0.29) is 11.8 Å². The van der Waals surface area contributed by atoms with E-state index in [0.29, 0.717) is 58.2 Å². The van der Waals surface area contributed by atoms with Crippen molar-refractivity contribution in [3.63, 3.8) is 0 Å². The number of nitrogens with one attached hydrogen (secondary N) is 2. The zero-order chi connectivity index (χ0) is 25.7. The number of ether oxygens (including phenoxy) is 2. The quantitative estimate of drug-likeness (QED) is 0.367. The molecule has 0 aliphatic heterocycles. The van der Waals surface area contributed by atoms with Gasteiger partial charge in [-0.25, -0.2) is 4.98 Å². The van der Waals surface area contributed by atoms with Gasteiger partial charge >= 0.3 is 0 Å². The molecule has 186 valence electrons. The molecule has 2 heterocycles. The summed E-state index contributed by atoms with van der Waals surface area (Å²) in [6.45, 7) is 1.15. The maximum atomic E-state index is 13.1. The monoisotopic (exact) mass is 489 g/mol. The van der Waals surface area contributed by atoms with Gasteiger partial charge in [-0.3, -0.25) is 9.59 Å². The van der Waals surface area contributed by atoms with E-state index in [2.05, 4.69) is 20.6 Å². The summed E-state index contributed by atoms with van der Waals surface area (Å²) in [6, 6.07) is 13.4. The summed E-state index contributed by atoms with van der Waals surface area (Å²) >= 11 is 0. The minimum absolute atomic E-state index is 0.282. The Morgan fingerprint density at radius 2 is 1.86 bits per heavy atom. The summed E-state index contributed by atoms with van der Waals surface area (Å²) in [7, 11) is 6.86. The van der Waals surface area contributed by atoms with E-state index in [0.717, 1.165) is 0 Å². The van der Waals surface area contributed by atoms with Crippen LogP contribution >= 0.6 is 0 Å². The first-order valence-electron chi connectivity index (χ1n) is 11.2. The first-order chi connectivity index (χ1) is 17.4. The molecule has 0 radical (unpaired) electrons.